The van der Waals surface area contributed by atoms with Crippen LogP contribution in [0.1, 0.15) is 74.0 Å². The number of rotatable bonds is 9. The van der Waals surface area contributed by atoms with Crippen molar-refractivity contribution in [2.24, 2.45) is 5.92 Å². The molecule has 1 saturated carbocycles. The van der Waals surface area contributed by atoms with Gasteiger partial charge in [-0.2, -0.15) is 0 Å². The Bertz CT molecular complexity index is 1070. The smallest absolute Gasteiger partial charge is 0.220 e. The van der Waals surface area contributed by atoms with Gasteiger partial charge in [-0.05, 0) is 56.4 Å². The van der Waals surface area contributed by atoms with E-state index < -0.39 is 0 Å². The first kappa shape index (κ1) is 23.6. The van der Waals surface area contributed by atoms with Crippen molar-refractivity contribution in [3.05, 3.63) is 71.0 Å². The van der Waals surface area contributed by atoms with E-state index in [2.05, 4.69) is 82.5 Å². The maximum absolute atomic E-state index is 12.7. The predicted molar refractivity (Wildman–Crippen MR) is 135 cm³/mol. The number of aryl methyl sites for hydroxylation is 2. The SMILES string of the molecule is Cc1ccc(-n2c(SCc3ccccc3C)nnc2C(C)NC(=O)CCC2CCCC2)cc1. The molecule has 1 aromatic heterocycles. The number of carbonyl (C=O) groups is 1. The summed E-state index contributed by atoms with van der Waals surface area (Å²) < 4.78 is 2.09. The number of benzene rings is 2. The Labute approximate surface area is 201 Å². The Morgan fingerprint density at radius 3 is 2.55 bits per heavy atom. The van der Waals surface area contributed by atoms with Crippen LogP contribution in [0.15, 0.2) is 53.7 Å². The van der Waals surface area contributed by atoms with E-state index in [1.165, 1.54) is 42.4 Å². The molecule has 0 bridgehead atoms. The average Bonchev–Trinajstić information content (AvgIpc) is 3.48. The van der Waals surface area contributed by atoms with Gasteiger partial charge in [-0.3, -0.25) is 9.36 Å². The van der Waals surface area contributed by atoms with Crippen LogP contribution in [-0.2, 0) is 10.5 Å². The molecular formula is C27H34N4OS. The third-order valence-corrected chi connectivity index (χ3v) is 7.57. The third-order valence-electron chi connectivity index (χ3n) is 6.59. The highest BCUT2D eigenvalue weighted by atomic mass is 32.2. The molecule has 1 amide bonds. The number of amides is 1. The zero-order valence-corrected chi connectivity index (χ0v) is 20.7. The molecule has 2 aromatic carbocycles. The standard InChI is InChI=1S/C27H34N4OS/c1-19-12-15-24(16-13-19)31-26(21(3)28-25(32)17-14-22-9-5-6-10-22)29-30-27(31)33-18-23-11-7-4-8-20(23)2/h4,7-8,11-13,15-16,21-22H,5-6,9-10,14,17-18H2,1-3H3,(H,28,32). The fourth-order valence-corrected chi connectivity index (χ4v) is 5.55. The maximum Gasteiger partial charge on any atom is 0.220 e. The molecule has 1 heterocycles. The van der Waals surface area contributed by atoms with Crippen molar-refractivity contribution in [1.29, 1.82) is 0 Å². The van der Waals surface area contributed by atoms with Gasteiger partial charge in [0.05, 0.1) is 6.04 Å². The number of aromatic nitrogens is 3. The van der Waals surface area contributed by atoms with Gasteiger partial charge in [0, 0.05) is 17.9 Å². The molecule has 1 aliphatic rings. The topological polar surface area (TPSA) is 59.8 Å². The Morgan fingerprint density at radius 1 is 1.09 bits per heavy atom. The summed E-state index contributed by atoms with van der Waals surface area (Å²) >= 11 is 1.67. The first-order valence-electron chi connectivity index (χ1n) is 12.0. The van der Waals surface area contributed by atoms with E-state index in [-0.39, 0.29) is 11.9 Å². The van der Waals surface area contributed by atoms with Crippen molar-refractivity contribution in [2.45, 2.75) is 76.2 Å². The van der Waals surface area contributed by atoms with Crippen molar-refractivity contribution >= 4 is 17.7 Å². The monoisotopic (exact) mass is 462 g/mol. The summed E-state index contributed by atoms with van der Waals surface area (Å²) in [5.41, 5.74) is 4.78. The quantitative estimate of drug-likeness (QED) is 0.378. The second-order valence-electron chi connectivity index (χ2n) is 9.21. The van der Waals surface area contributed by atoms with Crippen molar-refractivity contribution in [1.82, 2.24) is 20.1 Å². The van der Waals surface area contributed by atoms with Crippen LogP contribution in [0.5, 0.6) is 0 Å². The molecule has 3 aromatic rings. The van der Waals surface area contributed by atoms with Crippen molar-refractivity contribution < 1.29 is 4.79 Å². The van der Waals surface area contributed by atoms with Gasteiger partial charge in [0.2, 0.25) is 5.91 Å². The molecule has 1 unspecified atom stereocenters. The van der Waals surface area contributed by atoms with Crippen molar-refractivity contribution in [2.75, 3.05) is 0 Å². The summed E-state index contributed by atoms with van der Waals surface area (Å²) in [4.78, 5) is 12.7. The molecule has 1 N–H and O–H groups in total. The summed E-state index contributed by atoms with van der Waals surface area (Å²) in [6.07, 6.45) is 6.73. The lowest BCUT2D eigenvalue weighted by atomic mass is 10.0. The molecule has 174 valence electrons. The molecule has 33 heavy (non-hydrogen) atoms. The van der Waals surface area contributed by atoms with Gasteiger partial charge >= 0.3 is 0 Å². The molecule has 1 aliphatic carbocycles. The summed E-state index contributed by atoms with van der Waals surface area (Å²) in [5.74, 6) is 2.40. The highest BCUT2D eigenvalue weighted by Crippen LogP contribution is 2.30. The van der Waals surface area contributed by atoms with Crippen LogP contribution in [0.25, 0.3) is 5.69 Å². The Balaban J connectivity index is 1.51. The molecule has 6 heteroatoms. The number of carbonyl (C=O) groups excluding carboxylic acids is 1. The van der Waals surface area contributed by atoms with Gasteiger partial charge in [0.1, 0.15) is 0 Å². The van der Waals surface area contributed by atoms with Gasteiger partial charge in [0.15, 0.2) is 11.0 Å². The van der Waals surface area contributed by atoms with Gasteiger partial charge in [0.25, 0.3) is 0 Å². The molecule has 0 radical (unpaired) electrons. The fourth-order valence-electron chi connectivity index (χ4n) is 4.52. The minimum absolute atomic E-state index is 0.0990. The van der Waals surface area contributed by atoms with Gasteiger partial charge < -0.3 is 5.32 Å². The summed E-state index contributed by atoms with van der Waals surface area (Å²) in [6.45, 7) is 6.21. The zero-order chi connectivity index (χ0) is 23.2. The van der Waals surface area contributed by atoms with Crippen LogP contribution in [-0.4, -0.2) is 20.7 Å². The van der Waals surface area contributed by atoms with Crippen LogP contribution in [0.4, 0.5) is 0 Å². The second-order valence-corrected chi connectivity index (χ2v) is 10.1. The number of thioether (sulfide) groups is 1. The minimum Gasteiger partial charge on any atom is -0.346 e. The molecule has 0 saturated heterocycles. The maximum atomic E-state index is 12.7. The van der Waals surface area contributed by atoms with Crippen molar-refractivity contribution in [3.63, 3.8) is 0 Å². The van der Waals surface area contributed by atoms with Gasteiger partial charge in [-0.25, -0.2) is 0 Å². The van der Waals surface area contributed by atoms with E-state index in [0.29, 0.717) is 12.3 Å². The van der Waals surface area contributed by atoms with E-state index in [1.54, 1.807) is 11.8 Å². The number of nitrogens with one attached hydrogen (secondary N) is 1. The summed E-state index contributed by atoms with van der Waals surface area (Å²) in [5, 5.41) is 13.0. The summed E-state index contributed by atoms with van der Waals surface area (Å²) in [6, 6.07) is 16.6. The largest absolute Gasteiger partial charge is 0.346 e. The van der Waals surface area contributed by atoms with Crippen LogP contribution < -0.4 is 5.32 Å². The normalized spacial score (nSPS) is 15.0. The fraction of sp³-hybridized carbons (Fsp3) is 0.444. The van der Waals surface area contributed by atoms with Gasteiger partial charge in [-0.15, -0.1) is 10.2 Å². The predicted octanol–water partition coefficient (Wildman–Crippen LogP) is 6.32. The lowest BCUT2D eigenvalue weighted by molar-refractivity contribution is -0.122. The molecule has 0 spiro atoms. The summed E-state index contributed by atoms with van der Waals surface area (Å²) in [7, 11) is 0. The Morgan fingerprint density at radius 2 is 1.82 bits per heavy atom. The lowest BCUT2D eigenvalue weighted by Crippen LogP contribution is -2.28. The van der Waals surface area contributed by atoms with Crippen LogP contribution in [0, 0.1) is 19.8 Å². The Hall–Kier alpha value is -2.60. The molecule has 0 aliphatic heterocycles. The first-order valence-corrected chi connectivity index (χ1v) is 13.0. The third kappa shape index (κ3) is 6.05. The highest BCUT2D eigenvalue weighted by Gasteiger charge is 2.22. The molecule has 5 nitrogen and oxygen atoms in total. The second kappa shape index (κ2) is 11.0. The zero-order valence-electron chi connectivity index (χ0n) is 19.9. The molecule has 1 atom stereocenters. The van der Waals surface area contributed by atoms with E-state index >= 15 is 0 Å². The van der Waals surface area contributed by atoms with E-state index in [0.717, 1.165) is 28.8 Å². The van der Waals surface area contributed by atoms with Crippen LogP contribution in [0.3, 0.4) is 0 Å². The van der Waals surface area contributed by atoms with Crippen molar-refractivity contribution in [3.8, 4) is 5.69 Å². The average molecular weight is 463 g/mol. The minimum atomic E-state index is -0.220. The molecule has 4 rings (SSSR count). The highest BCUT2D eigenvalue weighted by molar-refractivity contribution is 7.98. The van der Waals surface area contributed by atoms with E-state index in [9.17, 15) is 4.79 Å². The molecular weight excluding hydrogens is 428 g/mol. The van der Waals surface area contributed by atoms with Crippen LogP contribution in [0.2, 0.25) is 0 Å². The van der Waals surface area contributed by atoms with Gasteiger partial charge in [-0.1, -0.05) is 79.4 Å². The number of nitrogens with zero attached hydrogens (tertiary/aromatic N) is 3. The number of hydrogen-bond donors (Lipinski definition) is 1. The first-order chi connectivity index (χ1) is 16.0. The van der Waals surface area contributed by atoms with E-state index in [4.69, 9.17) is 0 Å². The van der Waals surface area contributed by atoms with E-state index in [1.807, 2.05) is 6.92 Å². The lowest BCUT2D eigenvalue weighted by Gasteiger charge is -2.17. The Kier molecular flexibility index (Phi) is 7.86. The molecule has 1 fully saturated rings. The van der Waals surface area contributed by atoms with Crippen LogP contribution >= 0.6 is 11.8 Å². The number of hydrogen-bond acceptors (Lipinski definition) is 4.